The Bertz CT molecular complexity index is 547. The SMILES string of the molecule is Cc1[nH]c(-c2ccc(C(F)(F)F)cc2)nc1CCl.Cl. The lowest BCUT2D eigenvalue weighted by Crippen LogP contribution is -2.04. The Labute approximate surface area is 119 Å². The van der Waals surface area contributed by atoms with Crippen LogP contribution in [-0.4, -0.2) is 9.97 Å². The third-order valence-corrected chi connectivity index (χ3v) is 2.85. The molecule has 0 radical (unpaired) electrons. The van der Waals surface area contributed by atoms with Gasteiger partial charge in [0.1, 0.15) is 5.82 Å². The number of benzene rings is 1. The first kappa shape index (κ1) is 15.9. The maximum atomic E-state index is 12.4. The fourth-order valence-electron chi connectivity index (χ4n) is 1.58. The van der Waals surface area contributed by atoms with E-state index in [1.54, 1.807) is 0 Å². The molecule has 0 saturated carbocycles. The van der Waals surface area contributed by atoms with E-state index in [1.165, 1.54) is 12.1 Å². The number of halogens is 5. The zero-order valence-electron chi connectivity index (χ0n) is 9.88. The molecule has 0 fully saturated rings. The molecular formula is C12H11Cl2F3N2. The predicted molar refractivity (Wildman–Crippen MR) is 70.6 cm³/mol. The van der Waals surface area contributed by atoms with E-state index in [-0.39, 0.29) is 18.3 Å². The molecule has 0 aliphatic carbocycles. The maximum Gasteiger partial charge on any atom is 0.416 e. The van der Waals surface area contributed by atoms with Crippen LogP contribution in [0.1, 0.15) is 17.0 Å². The molecule has 1 heterocycles. The number of hydrogen-bond acceptors (Lipinski definition) is 1. The summed E-state index contributed by atoms with van der Waals surface area (Å²) in [4.78, 5) is 7.21. The second kappa shape index (κ2) is 5.84. The van der Waals surface area contributed by atoms with E-state index in [0.29, 0.717) is 17.1 Å². The van der Waals surface area contributed by atoms with Gasteiger partial charge in [-0.1, -0.05) is 12.1 Å². The van der Waals surface area contributed by atoms with Crippen molar-refractivity contribution in [2.45, 2.75) is 19.0 Å². The highest BCUT2D eigenvalue weighted by atomic mass is 35.5. The van der Waals surface area contributed by atoms with Gasteiger partial charge >= 0.3 is 6.18 Å². The zero-order valence-corrected chi connectivity index (χ0v) is 11.5. The molecule has 1 N–H and O–H groups in total. The molecule has 2 nitrogen and oxygen atoms in total. The lowest BCUT2D eigenvalue weighted by atomic mass is 10.1. The standard InChI is InChI=1S/C12H10ClF3N2.ClH/c1-7-10(6-13)18-11(17-7)8-2-4-9(5-3-8)12(14,15)16;/h2-5H,6H2,1H3,(H,17,18);1H. The number of aromatic amines is 1. The minimum atomic E-state index is -4.32. The van der Waals surface area contributed by atoms with E-state index in [2.05, 4.69) is 9.97 Å². The minimum absolute atomic E-state index is 0. The van der Waals surface area contributed by atoms with E-state index < -0.39 is 11.7 Å². The summed E-state index contributed by atoms with van der Waals surface area (Å²) >= 11 is 5.69. The smallest absolute Gasteiger partial charge is 0.342 e. The summed E-state index contributed by atoms with van der Waals surface area (Å²) in [6.07, 6.45) is -4.32. The van der Waals surface area contributed by atoms with Gasteiger partial charge in [-0.2, -0.15) is 13.2 Å². The molecule has 0 bridgehead atoms. The Morgan fingerprint density at radius 3 is 2.21 bits per heavy atom. The first-order chi connectivity index (χ1) is 8.41. The third-order valence-electron chi connectivity index (χ3n) is 2.60. The van der Waals surface area contributed by atoms with Crippen molar-refractivity contribution in [2.75, 3.05) is 0 Å². The Morgan fingerprint density at radius 2 is 1.79 bits per heavy atom. The van der Waals surface area contributed by atoms with Gasteiger partial charge in [-0.05, 0) is 19.1 Å². The van der Waals surface area contributed by atoms with Gasteiger partial charge in [-0.3, -0.25) is 0 Å². The fourth-order valence-corrected chi connectivity index (χ4v) is 1.84. The van der Waals surface area contributed by atoms with Crippen molar-refractivity contribution in [3.05, 3.63) is 41.2 Å². The van der Waals surface area contributed by atoms with Gasteiger partial charge in [0.25, 0.3) is 0 Å². The van der Waals surface area contributed by atoms with E-state index in [0.717, 1.165) is 17.8 Å². The number of nitrogens with one attached hydrogen (secondary N) is 1. The number of aryl methyl sites for hydroxylation is 1. The highest BCUT2D eigenvalue weighted by Crippen LogP contribution is 2.30. The quantitative estimate of drug-likeness (QED) is 0.809. The molecule has 2 aromatic rings. The molecule has 1 aromatic heterocycles. The summed E-state index contributed by atoms with van der Waals surface area (Å²) in [5.41, 5.74) is 1.45. The number of alkyl halides is 4. The first-order valence-corrected chi connectivity index (χ1v) is 5.74. The summed E-state index contributed by atoms with van der Waals surface area (Å²) < 4.78 is 37.2. The van der Waals surface area contributed by atoms with Crippen LogP contribution < -0.4 is 0 Å². The lowest BCUT2D eigenvalue weighted by Gasteiger charge is -2.06. The van der Waals surface area contributed by atoms with Crippen LogP contribution >= 0.6 is 24.0 Å². The Kier molecular flexibility index (Phi) is 4.87. The molecule has 0 saturated heterocycles. The van der Waals surface area contributed by atoms with Gasteiger partial charge in [-0.15, -0.1) is 24.0 Å². The number of imidazole rings is 1. The molecule has 0 amide bonds. The highest BCUT2D eigenvalue weighted by molar-refractivity contribution is 6.17. The van der Waals surface area contributed by atoms with E-state index in [9.17, 15) is 13.2 Å². The van der Waals surface area contributed by atoms with E-state index in [4.69, 9.17) is 11.6 Å². The molecule has 0 aliphatic heterocycles. The Morgan fingerprint density at radius 1 is 1.21 bits per heavy atom. The number of aromatic nitrogens is 2. The van der Waals surface area contributed by atoms with Crippen molar-refractivity contribution >= 4 is 24.0 Å². The molecule has 0 aliphatic rings. The van der Waals surface area contributed by atoms with Gasteiger partial charge < -0.3 is 4.98 Å². The molecule has 0 unspecified atom stereocenters. The Balaban J connectivity index is 0.00000180. The molecular weight excluding hydrogens is 300 g/mol. The molecule has 1 aromatic carbocycles. The topological polar surface area (TPSA) is 28.7 Å². The van der Waals surface area contributed by atoms with Crippen LogP contribution in [0.4, 0.5) is 13.2 Å². The number of H-pyrrole nitrogens is 1. The van der Waals surface area contributed by atoms with Gasteiger partial charge in [0.05, 0.1) is 17.1 Å². The summed E-state index contributed by atoms with van der Waals surface area (Å²) in [6.45, 7) is 1.82. The summed E-state index contributed by atoms with van der Waals surface area (Å²) in [7, 11) is 0. The molecule has 2 rings (SSSR count). The average Bonchev–Trinajstić information content (AvgIpc) is 2.69. The van der Waals surface area contributed by atoms with Crippen LogP contribution in [0.5, 0.6) is 0 Å². The monoisotopic (exact) mass is 310 g/mol. The van der Waals surface area contributed by atoms with Crippen molar-refractivity contribution in [3.8, 4) is 11.4 Å². The molecule has 0 atom stereocenters. The van der Waals surface area contributed by atoms with Crippen LogP contribution in [-0.2, 0) is 12.1 Å². The van der Waals surface area contributed by atoms with E-state index in [1.807, 2.05) is 6.92 Å². The molecule has 7 heteroatoms. The zero-order chi connectivity index (χ0) is 13.3. The summed E-state index contributed by atoms with van der Waals surface area (Å²) in [5.74, 6) is 0.792. The number of rotatable bonds is 2. The highest BCUT2D eigenvalue weighted by Gasteiger charge is 2.30. The van der Waals surface area contributed by atoms with Gasteiger partial charge in [0.2, 0.25) is 0 Å². The summed E-state index contributed by atoms with van der Waals surface area (Å²) in [5, 5.41) is 0. The fraction of sp³-hybridized carbons (Fsp3) is 0.250. The molecule has 104 valence electrons. The summed E-state index contributed by atoms with van der Waals surface area (Å²) in [6, 6.07) is 4.85. The first-order valence-electron chi connectivity index (χ1n) is 5.21. The van der Waals surface area contributed by atoms with Crippen molar-refractivity contribution in [3.63, 3.8) is 0 Å². The second-order valence-corrected chi connectivity index (χ2v) is 4.13. The Hall–Kier alpha value is -1.20. The third kappa shape index (κ3) is 3.42. The van der Waals surface area contributed by atoms with Gasteiger partial charge in [-0.25, -0.2) is 4.98 Å². The van der Waals surface area contributed by atoms with E-state index >= 15 is 0 Å². The maximum absolute atomic E-state index is 12.4. The van der Waals surface area contributed by atoms with Crippen LogP contribution in [0.3, 0.4) is 0 Å². The van der Waals surface area contributed by atoms with Crippen molar-refractivity contribution in [1.29, 1.82) is 0 Å². The van der Waals surface area contributed by atoms with Crippen molar-refractivity contribution < 1.29 is 13.2 Å². The average molecular weight is 311 g/mol. The second-order valence-electron chi connectivity index (χ2n) is 3.87. The largest absolute Gasteiger partial charge is 0.416 e. The number of nitrogens with zero attached hydrogens (tertiary/aromatic N) is 1. The normalized spacial score (nSPS) is 11.2. The van der Waals surface area contributed by atoms with Gasteiger partial charge in [0, 0.05) is 11.3 Å². The lowest BCUT2D eigenvalue weighted by molar-refractivity contribution is -0.137. The predicted octanol–water partition coefficient (Wildman–Crippen LogP) is 4.56. The number of hydrogen-bond donors (Lipinski definition) is 1. The van der Waals surface area contributed by atoms with Crippen LogP contribution in [0.15, 0.2) is 24.3 Å². The van der Waals surface area contributed by atoms with Crippen LogP contribution in [0.25, 0.3) is 11.4 Å². The van der Waals surface area contributed by atoms with Crippen molar-refractivity contribution in [1.82, 2.24) is 9.97 Å². The minimum Gasteiger partial charge on any atom is -0.342 e. The molecule has 0 spiro atoms. The van der Waals surface area contributed by atoms with Crippen LogP contribution in [0.2, 0.25) is 0 Å². The van der Waals surface area contributed by atoms with Crippen LogP contribution in [0, 0.1) is 6.92 Å². The van der Waals surface area contributed by atoms with Crippen molar-refractivity contribution in [2.24, 2.45) is 0 Å². The molecule has 19 heavy (non-hydrogen) atoms. The van der Waals surface area contributed by atoms with Gasteiger partial charge in [0.15, 0.2) is 0 Å².